The number of carbonyl (C=O) groups is 2. The summed E-state index contributed by atoms with van der Waals surface area (Å²) in [5.41, 5.74) is -0.0981. The number of fused-ring (bicyclic) bond motifs is 5. The molecule has 2 nitrogen and oxygen atoms in total. The Morgan fingerprint density at radius 2 is 1.69 bits per heavy atom. The Bertz CT molecular complexity index is 325. The van der Waals surface area contributed by atoms with Crippen molar-refractivity contribution in [1.29, 1.82) is 0 Å². The molecule has 16 heavy (non-hydrogen) atoms. The van der Waals surface area contributed by atoms with Gasteiger partial charge in [0.1, 0.15) is 12.6 Å². The monoisotopic (exact) mass is 220 g/mol. The zero-order valence-corrected chi connectivity index (χ0v) is 9.89. The third kappa shape index (κ3) is 1.25. The topological polar surface area (TPSA) is 34.1 Å². The number of rotatable bonds is 2. The summed E-state index contributed by atoms with van der Waals surface area (Å²) >= 11 is 0. The highest BCUT2D eigenvalue weighted by Gasteiger charge is 2.57. The Kier molecular flexibility index (Phi) is 2.24. The van der Waals surface area contributed by atoms with E-state index in [0.29, 0.717) is 23.7 Å². The lowest BCUT2D eigenvalue weighted by Crippen LogP contribution is -2.35. The maximum Gasteiger partial charge on any atom is 0.125 e. The van der Waals surface area contributed by atoms with Crippen LogP contribution in [0.1, 0.15) is 39.0 Å². The summed E-state index contributed by atoms with van der Waals surface area (Å²) < 4.78 is 0. The summed E-state index contributed by atoms with van der Waals surface area (Å²) in [6.07, 6.45) is 8.09. The van der Waals surface area contributed by atoms with Crippen molar-refractivity contribution >= 4 is 12.6 Å². The standard InChI is InChI=1S/C14H20O2/c1-14(8-16)5-4-11-9-2-3-10(12(11)6-14)13(9)7-15/h7-13H,2-6H2,1H3. The molecule has 6 unspecified atom stereocenters. The van der Waals surface area contributed by atoms with Gasteiger partial charge in [0.05, 0.1) is 0 Å². The van der Waals surface area contributed by atoms with E-state index in [1.54, 1.807) is 0 Å². The molecule has 3 fully saturated rings. The van der Waals surface area contributed by atoms with Crippen molar-refractivity contribution in [3.05, 3.63) is 0 Å². The van der Waals surface area contributed by atoms with Gasteiger partial charge in [-0.1, -0.05) is 6.92 Å². The molecule has 0 aliphatic heterocycles. The van der Waals surface area contributed by atoms with Crippen LogP contribution in [0.2, 0.25) is 0 Å². The van der Waals surface area contributed by atoms with Gasteiger partial charge < -0.3 is 9.59 Å². The first-order chi connectivity index (χ1) is 7.68. The number of aldehydes is 2. The van der Waals surface area contributed by atoms with Crippen LogP contribution < -0.4 is 0 Å². The van der Waals surface area contributed by atoms with E-state index in [4.69, 9.17) is 0 Å². The molecule has 0 aromatic carbocycles. The second-order valence-corrected chi connectivity index (χ2v) is 6.46. The number of hydrogen-bond donors (Lipinski definition) is 0. The number of hydrogen-bond acceptors (Lipinski definition) is 2. The van der Waals surface area contributed by atoms with Crippen LogP contribution in [0.15, 0.2) is 0 Å². The van der Waals surface area contributed by atoms with Gasteiger partial charge in [-0.25, -0.2) is 0 Å². The first kappa shape index (κ1) is 10.5. The lowest BCUT2D eigenvalue weighted by molar-refractivity contribution is -0.119. The van der Waals surface area contributed by atoms with E-state index in [1.807, 2.05) is 0 Å². The summed E-state index contributed by atoms with van der Waals surface area (Å²) in [7, 11) is 0. The van der Waals surface area contributed by atoms with Gasteiger partial charge in [-0.05, 0) is 55.8 Å². The van der Waals surface area contributed by atoms with E-state index >= 15 is 0 Å². The highest BCUT2D eigenvalue weighted by Crippen LogP contribution is 2.62. The Morgan fingerprint density at radius 1 is 1.00 bits per heavy atom. The Hall–Kier alpha value is -0.660. The fourth-order valence-electron chi connectivity index (χ4n) is 4.90. The SMILES string of the molecule is CC1(C=O)CCC2C3CCC(C3C=O)C2C1. The van der Waals surface area contributed by atoms with Crippen molar-refractivity contribution in [2.45, 2.75) is 39.0 Å². The zero-order chi connectivity index (χ0) is 11.3. The van der Waals surface area contributed by atoms with Crippen LogP contribution >= 0.6 is 0 Å². The second kappa shape index (κ2) is 3.41. The molecule has 0 radical (unpaired) electrons. The smallest absolute Gasteiger partial charge is 0.125 e. The molecule has 3 aliphatic carbocycles. The lowest BCUT2D eigenvalue weighted by atomic mass is 9.62. The van der Waals surface area contributed by atoms with Gasteiger partial charge in [0, 0.05) is 11.3 Å². The third-order valence-corrected chi connectivity index (χ3v) is 5.66. The summed E-state index contributed by atoms with van der Waals surface area (Å²) in [6, 6.07) is 0. The van der Waals surface area contributed by atoms with Crippen molar-refractivity contribution in [2.24, 2.45) is 35.0 Å². The van der Waals surface area contributed by atoms with Crippen LogP contribution in [-0.2, 0) is 9.59 Å². The Balaban J connectivity index is 1.85. The molecule has 6 atom stereocenters. The Labute approximate surface area is 96.8 Å². The largest absolute Gasteiger partial charge is 0.303 e. The van der Waals surface area contributed by atoms with Crippen molar-refractivity contribution in [3.8, 4) is 0 Å². The minimum Gasteiger partial charge on any atom is -0.303 e. The minimum absolute atomic E-state index is 0.0981. The molecule has 3 saturated carbocycles. The molecular weight excluding hydrogens is 200 g/mol. The molecule has 2 heteroatoms. The average Bonchev–Trinajstić information content (AvgIpc) is 2.84. The van der Waals surface area contributed by atoms with Gasteiger partial charge >= 0.3 is 0 Å². The lowest BCUT2D eigenvalue weighted by Gasteiger charge is -2.42. The first-order valence-corrected chi connectivity index (χ1v) is 6.60. The van der Waals surface area contributed by atoms with Crippen molar-refractivity contribution in [1.82, 2.24) is 0 Å². The normalized spacial score (nSPS) is 54.7. The minimum atomic E-state index is -0.0981. The maximum absolute atomic E-state index is 11.2. The van der Waals surface area contributed by atoms with E-state index < -0.39 is 0 Å². The van der Waals surface area contributed by atoms with Gasteiger partial charge in [0.15, 0.2) is 0 Å². The molecule has 0 N–H and O–H groups in total. The highest BCUT2D eigenvalue weighted by atomic mass is 16.1. The fourth-order valence-corrected chi connectivity index (χ4v) is 4.90. The maximum atomic E-state index is 11.2. The molecule has 0 amide bonds. The van der Waals surface area contributed by atoms with Crippen molar-refractivity contribution in [3.63, 3.8) is 0 Å². The molecular formula is C14H20O2. The zero-order valence-electron chi connectivity index (χ0n) is 9.89. The summed E-state index contributed by atoms with van der Waals surface area (Å²) in [4.78, 5) is 22.3. The summed E-state index contributed by atoms with van der Waals surface area (Å²) in [5, 5.41) is 0. The number of carbonyl (C=O) groups excluding carboxylic acids is 2. The van der Waals surface area contributed by atoms with Crippen molar-refractivity contribution in [2.75, 3.05) is 0 Å². The molecule has 3 rings (SSSR count). The molecule has 0 saturated heterocycles. The van der Waals surface area contributed by atoms with E-state index in [2.05, 4.69) is 6.92 Å². The van der Waals surface area contributed by atoms with Crippen LogP contribution in [0.3, 0.4) is 0 Å². The summed E-state index contributed by atoms with van der Waals surface area (Å²) in [5.74, 6) is 3.00. The molecule has 3 aliphatic rings. The average molecular weight is 220 g/mol. The Morgan fingerprint density at radius 3 is 2.31 bits per heavy atom. The van der Waals surface area contributed by atoms with E-state index in [0.717, 1.165) is 25.0 Å². The molecule has 2 bridgehead atoms. The summed E-state index contributed by atoms with van der Waals surface area (Å²) in [6.45, 7) is 2.10. The van der Waals surface area contributed by atoms with Gasteiger partial charge in [-0.3, -0.25) is 0 Å². The highest BCUT2D eigenvalue weighted by molar-refractivity contribution is 5.60. The molecule has 0 heterocycles. The molecule has 0 aromatic heterocycles. The second-order valence-electron chi connectivity index (χ2n) is 6.46. The van der Waals surface area contributed by atoms with E-state index in [1.165, 1.54) is 25.5 Å². The third-order valence-electron chi connectivity index (χ3n) is 5.66. The van der Waals surface area contributed by atoms with Gasteiger partial charge in [0.25, 0.3) is 0 Å². The molecule has 0 spiro atoms. The van der Waals surface area contributed by atoms with Crippen molar-refractivity contribution < 1.29 is 9.59 Å². The van der Waals surface area contributed by atoms with Gasteiger partial charge in [0.2, 0.25) is 0 Å². The van der Waals surface area contributed by atoms with Crippen LogP contribution in [0.5, 0.6) is 0 Å². The van der Waals surface area contributed by atoms with Crippen LogP contribution in [0.25, 0.3) is 0 Å². The van der Waals surface area contributed by atoms with Crippen LogP contribution in [-0.4, -0.2) is 12.6 Å². The molecule has 88 valence electrons. The van der Waals surface area contributed by atoms with Gasteiger partial charge in [-0.2, -0.15) is 0 Å². The molecule has 0 aromatic rings. The predicted molar refractivity (Wildman–Crippen MR) is 60.8 cm³/mol. The van der Waals surface area contributed by atoms with E-state index in [-0.39, 0.29) is 5.41 Å². The first-order valence-electron chi connectivity index (χ1n) is 6.60. The van der Waals surface area contributed by atoms with Crippen LogP contribution in [0, 0.1) is 35.0 Å². The fraction of sp³-hybridized carbons (Fsp3) is 0.857. The van der Waals surface area contributed by atoms with E-state index in [9.17, 15) is 9.59 Å². The predicted octanol–water partition coefficient (Wildman–Crippen LogP) is 2.46. The van der Waals surface area contributed by atoms with Gasteiger partial charge in [-0.15, -0.1) is 0 Å². The van der Waals surface area contributed by atoms with Crippen LogP contribution in [0.4, 0.5) is 0 Å². The quantitative estimate of drug-likeness (QED) is 0.670.